The Balaban J connectivity index is 1.48. The smallest absolute Gasteiger partial charge is 0.399 e. The van der Waals surface area contributed by atoms with Gasteiger partial charge in [0.2, 0.25) is 0 Å². The third kappa shape index (κ3) is 3.87. The molecule has 0 unspecified atom stereocenters. The Labute approximate surface area is 173 Å². The molecule has 2 aliphatic rings. The maximum atomic E-state index is 10.0. The Kier molecular flexibility index (Phi) is 5.31. The second-order valence-corrected chi connectivity index (χ2v) is 8.80. The number of hydrogen-bond donors (Lipinski definition) is 1. The molecular formula is C22H30BN3O3. The summed E-state index contributed by atoms with van der Waals surface area (Å²) in [6.45, 7) is 11.8. The van der Waals surface area contributed by atoms with Crippen LogP contribution in [0.2, 0.25) is 0 Å². The van der Waals surface area contributed by atoms with Gasteiger partial charge in [0.05, 0.1) is 17.8 Å². The van der Waals surface area contributed by atoms with Gasteiger partial charge in [0.25, 0.3) is 0 Å². The van der Waals surface area contributed by atoms with E-state index in [4.69, 9.17) is 9.31 Å². The van der Waals surface area contributed by atoms with Crippen molar-refractivity contribution in [1.82, 2.24) is 4.98 Å². The highest BCUT2D eigenvalue weighted by molar-refractivity contribution is 6.62. The van der Waals surface area contributed by atoms with E-state index in [0.29, 0.717) is 0 Å². The second-order valence-electron chi connectivity index (χ2n) is 8.80. The monoisotopic (exact) mass is 395 g/mol. The molecule has 6 nitrogen and oxygen atoms in total. The third-order valence-corrected chi connectivity index (χ3v) is 6.39. The van der Waals surface area contributed by atoms with E-state index in [1.807, 2.05) is 30.5 Å². The first-order valence-corrected chi connectivity index (χ1v) is 10.3. The van der Waals surface area contributed by atoms with Crippen molar-refractivity contribution in [3.8, 4) is 0 Å². The van der Waals surface area contributed by atoms with Crippen LogP contribution < -0.4 is 15.3 Å². The van der Waals surface area contributed by atoms with Crippen LogP contribution in [0.3, 0.4) is 0 Å². The van der Waals surface area contributed by atoms with Crippen molar-refractivity contribution in [3.05, 3.63) is 48.2 Å². The number of benzene rings is 1. The number of aliphatic hydroxyl groups is 1. The lowest BCUT2D eigenvalue weighted by Crippen LogP contribution is -2.47. The summed E-state index contributed by atoms with van der Waals surface area (Å²) in [5, 5.41) is 10.0. The molecule has 2 aliphatic heterocycles. The fraction of sp³-hybridized carbons (Fsp3) is 0.500. The van der Waals surface area contributed by atoms with Gasteiger partial charge in [-0.25, -0.2) is 4.98 Å². The molecule has 2 saturated heterocycles. The maximum absolute atomic E-state index is 10.0. The van der Waals surface area contributed by atoms with Crippen LogP contribution in [0.15, 0.2) is 42.6 Å². The molecule has 0 bridgehead atoms. The summed E-state index contributed by atoms with van der Waals surface area (Å²) in [6.07, 6.45) is 1.83. The Morgan fingerprint density at radius 3 is 2.21 bits per heavy atom. The quantitative estimate of drug-likeness (QED) is 0.802. The highest BCUT2D eigenvalue weighted by atomic mass is 16.7. The van der Waals surface area contributed by atoms with E-state index in [1.54, 1.807) is 0 Å². The minimum atomic E-state index is -0.416. The van der Waals surface area contributed by atoms with Gasteiger partial charge in [-0.05, 0) is 51.4 Å². The molecule has 2 fully saturated rings. The van der Waals surface area contributed by atoms with Gasteiger partial charge in [0, 0.05) is 43.6 Å². The molecule has 1 aromatic heterocycles. The largest absolute Gasteiger partial charge is 0.494 e. The van der Waals surface area contributed by atoms with Crippen LogP contribution in [-0.4, -0.2) is 54.6 Å². The SMILES string of the molecule is CC1(C)OB(c2ccc(N3CCN(c4ccccn4)CC3)c(CO)c2)OC1(C)C. The molecule has 0 aliphatic carbocycles. The molecule has 0 radical (unpaired) electrons. The average Bonchev–Trinajstić information content (AvgIpc) is 2.95. The standard InChI is InChI=1S/C22H30BN3O3/c1-21(2)22(3,4)29-23(28-21)18-8-9-19(17(15-18)16-27)25-11-13-26(14-12-25)20-7-5-6-10-24-20/h5-10,15,27H,11-14,16H2,1-4H3. The first-order valence-electron chi connectivity index (χ1n) is 10.3. The highest BCUT2D eigenvalue weighted by Gasteiger charge is 2.51. The second kappa shape index (κ2) is 7.63. The summed E-state index contributed by atoms with van der Waals surface area (Å²) in [7, 11) is -0.416. The first kappa shape index (κ1) is 20.2. The molecule has 0 atom stereocenters. The lowest BCUT2D eigenvalue weighted by atomic mass is 9.78. The zero-order valence-corrected chi connectivity index (χ0v) is 17.8. The van der Waals surface area contributed by atoms with Crippen molar-refractivity contribution >= 4 is 24.1 Å². The highest BCUT2D eigenvalue weighted by Crippen LogP contribution is 2.36. The van der Waals surface area contributed by atoms with Gasteiger partial charge >= 0.3 is 7.12 Å². The van der Waals surface area contributed by atoms with Crippen molar-refractivity contribution < 1.29 is 14.4 Å². The predicted octanol–water partition coefficient (Wildman–Crippen LogP) is 2.20. The van der Waals surface area contributed by atoms with Gasteiger partial charge in [-0.3, -0.25) is 0 Å². The van der Waals surface area contributed by atoms with Gasteiger partial charge in [-0.1, -0.05) is 18.2 Å². The predicted molar refractivity (Wildman–Crippen MR) is 117 cm³/mol. The molecular weight excluding hydrogens is 365 g/mol. The molecule has 0 spiro atoms. The fourth-order valence-corrected chi connectivity index (χ4v) is 3.88. The van der Waals surface area contributed by atoms with E-state index in [1.165, 1.54) is 0 Å². The van der Waals surface area contributed by atoms with Crippen molar-refractivity contribution in [2.45, 2.75) is 45.5 Å². The minimum Gasteiger partial charge on any atom is -0.399 e. The molecule has 0 saturated carbocycles. The number of aromatic nitrogens is 1. The number of rotatable bonds is 4. The van der Waals surface area contributed by atoms with Gasteiger partial charge in [0.1, 0.15) is 5.82 Å². The van der Waals surface area contributed by atoms with Crippen molar-refractivity contribution in [1.29, 1.82) is 0 Å². The van der Waals surface area contributed by atoms with Gasteiger partial charge in [0.15, 0.2) is 0 Å². The van der Waals surface area contributed by atoms with Gasteiger partial charge in [-0.2, -0.15) is 0 Å². The molecule has 0 amide bonds. The lowest BCUT2D eigenvalue weighted by molar-refractivity contribution is 0.00578. The lowest BCUT2D eigenvalue weighted by Gasteiger charge is -2.37. The summed E-state index contributed by atoms with van der Waals surface area (Å²) in [4.78, 5) is 9.08. The van der Waals surface area contributed by atoms with Crippen LogP contribution in [0.5, 0.6) is 0 Å². The molecule has 1 aromatic carbocycles. The summed E-state index contributed by atoms with van der Waals surface area (Å²) in [5.41, 5.74) is 2.18. The molecule has 2 aromatic rings. The van der Waals surface area contributed by atoms with Crippen LogP contribution in [-0.2, 0) is 15.9 Å². The topological polar surface area (TPSA) is 58.1 Å². The van der Waals surface area contributed by atoms with Crippen LogP contribution in [0.1, 0.15) is 33.3 Å². The number of piperazine rings is 1. The Bertz CT molecular complexity index is 836. The molecule has 29 heavy (non-hydrogen) atoms. The van der Waals surface area contributed by atoms with E-state index >= 15 is 0 Å². The van der Waals surface area contributed by atoms with Crippen LogP contribution in [0.4, 0.5) is 11.5 Å². The normalized spacial score (nSPS) is 20.9. The third-order valence-electron chi connectivity index (χ3n) is 6.39. The van der Waals surface area contributed by atoms with Crippen LogP contribution >= 0.6 is 0 Å². The van der Waals surface area contributed by atoms with E-state index in [-0.39, 0.29) is 17.8 Å². The number of anilines is 2. The van der Waals surface area contributed by atoms with E-state index in [0.717, 1.165) is 48.7 Å². The Morgan fingerprint density at radius 2 is 1.62 bits per heavy atom. The van der Waals surface area contributed by atoms with E-state index in [9.17, 15) is 5.11 Å². The van der Waals surface area contributed by atoms with Crippen molar-refractivity contribution in [3.63, 3.8) is 0 Å². The minimum absolute atomic E-state index is 0.0108. The van der Waals surface area contributed by atoms with Gasteiger partial charge < -0.3 is 24.2 Å². The Morgan fingerprint density at radius 1 is 0.966 bits per heavy atom. The molecule has 4 rings (SSSR count). The first-order chi connectivity index (χ1) is 13.8. The molecule has 1 N–H and O–H groups in total. The summed E-state index contributed by atoms with van der Waals surface area (Å²) in [5.74, 6) is 1.02. The number of nitrogens with zero attached hydrogens (tertiary/aromatic N) is 3. The average molecular weight is 395 g/mol. The Hall–Kier alpha value is -2.09. The number of pyridine rings is 1. The summed E-state index contributed by atoms with van der Waals surface area (Å²) < 4.78 is 12.3. The zero-order valence-electron chi connectivity index (χ0n) is 17.8. The van der Waals surface area contributed by atoms with Crippen LogP contribution in [0.25, 0.3) is 0 Å². The van der Waals surface area contributed by atoms with E-state index < -0.39 is 7.12 Å². The molecule has 154 valence electrons. The number of aliphatic hydroxyl groups excluding tert-OH is 1. The maximum Gasteiger partial charge on any atom is 0.494 e. The van der Waals surface area contributed by atoms with E-state index in [2.05, 4.69) is 54.6 Å². The zero-order chi connectivity index (χ0) is 20.6. The number of hydrogen-bond acceptors (Lipinski definition) is 6. The molecule has 3 heterocycles. The van der Waals surface area contributed by atoms with Crippen molar-refractivity contribution in [2.75, 3.05) is 36.0 Å². The summed E-state index contributed by atoms with van der Waals surface area (Å²) in [6, 6.07) is 12.2. The van der Waals surface area contributed by atoms with Crippen LogP contribution in [0, 0.1) is 0 Å². The van der Waals surface area contributed by atoms with Gasteiger partial charge in [-0.15, -0.1) is 0 Å². The molecule has 7 heteroatoms. The van der Waals surface area contributed by atoms with Crippen molar-refractivity contribution in [2.24, 2.45) is 0 Å². The fourth-order valence-electron chi connectivity index (χ4n) is 3.88. The summed E-state index contributed by atoms with van der Waals surface area (Å²) >= 11 is 0.